The number of nitrogens with one attached hydrogen (secondary N) is 1. The zero-order valence-corrected chi connectivity index (χ0v) is 11.0. The predicted molar refractivity (Wildman–Crippen MR) is 70.5 cm³/mol. The molecule has 5 nitrogen and oxygen atoms in total. The zero-order chi connectivity index (χ0) is 11.8. The Balaban J connectivity index is 2.05. The first kappa shape index (κ1) is 11.1. The van der Waals surface area contributed by atoms with Crippen molar-refractivity contribution in [2.45, 2.75) is 12.5 Å². The minimum Gasteiger partial charge on any atom is -0.490 e. The van der Waals surface area contributed by atoms with E-state index in [0.29, 0.717) is 11.9 Å². The number of halogens is 1. The van der Waals surface area contributed by atoms with Crippen LogP contribution in [0.4, 0.5) is 11.6 Å². The van der Waals surface area contributed by atoms with Gasteiger partial charge in [-0.2, -0.15) is 0 Å². The smallest absolute Gasteiger partial charge is 0.173 e. The molecule has 0 amide bonds. The van der Waals surface area contributed by atoms with Crippen LogP contribution in [0, 0.1) is 0 Å². The molecule has 0 saturated carbocycles. The molecule has 0 radical (unpaired) electrons. The van der Waals surface area contributed by atoms with Crippen molar-refractivity contribution >= 4 is 27.6 Å². The lowest BCUT2D eigenvalue weighted by atomic mass is 10.1. The van der Waals surface area contributed by atoms with E-state index in [9.17, 15) is 0 Å². The molecule has 0 spiro atoms. The summed E-state index contributed by atoms with van der Waals surface area (Å²) < 4.78 is 6.55. The summed E-state index contributed by atoms with van der Waals surface area (Å²) in [6.45, 7) is 3.65. The van der Waals surface area contributed by atoms with Crippen LogP contribution in [-0.4, -0.2) is 37.3 Å². The molecular formula is C11H15BrN4O. The number of piperazine rings is 1. The van der Waals surface area contributed by atoms with Crippen LogP contribution in [0.5, 0.6) is 5.75 Å². The molecule has 3 heterocycles. The molecule has 0 aliphatic carbocycles. The number of aromatic nitrogens is 1. The van der Waals surface area contributed by atoms with E-state index in [2.05, 4.69) is 31.1 Å². The Kier molecular flexibility index (Phi) is 2.84. The monoisotopic (exact) mass is 298 g/mol. The van der Waals surface area contributed by atoms with Crippen LogP contribution < -0.4 is 20.7 Å². The number of anilines is 2. The van der Waals surface area contributed by atoms with Crippen molar-refractivity contribution in [1.82, 2.24) is 10.3 Å². The van der Waals surface area contributed by atoms with Crippen molar-refractivity contribution in [3.8, 4) is 5.75 Å². The molecule has 1 aromatic heterocycles. The van der Waals surface area contributed by atoms with E-state index in [1.807, 2.05) is 6.07 Å². The van der Waals surface area contributed by atoms with Gasteiger partial charge in [-0.25, -0.2) is 4.98 Å². The van der Waals surface area contributed by atoms with Crippen molar-refractivity contribution in [1.29, 1.82) is 0 Å². The fraction of sp³-hybridized carbons (Fsp3) is 0.545. The van der Waals surface area contributed by atoms with Gasteiger partial charge in [-0.1, -0.05) is 0 Å². The Bertz CT molecular complexity index is 440. The molecule has 0 bridgehead atoms. The van der Waals surface area contributed by atoms with Crippen molar-refractivity contribution in [3.63, 3.8) is 0 Å². The molecule has 17 heavy (non-hydrogen) atoms. The van der Waals surface area contributed by atoms with Gasteiger partial charge in [0.1, 0.15) is 5.82 Å². The Morgan fingerprint density at radius 3 is 3.35 bits per heavy atom. The molecule has 0 aromatic carbocycles. The van der Waals surface area contributed by atoms with E-state index in [1.54, 1.807) is 0 Å². The largest absolute Gasteiger partial charge is 0.490 e. The van der Waals surface area contributed by atoms with Gasteiger partial charge in [0.05, 0.1) is 11.1 Å². The lowest BCUT2D eigenvalue weighted by Gasteiger charge is -2.35. The second kappa shape index (κ2) is 4.34. The molecule has 1 aromatic rings. The summed E-state index contributed by atoms with van der Waals surface area (Å²) in [5.41, 5.74) is 5.86. The lowest BCUT2D eigenvalue weighted by molar-refractivity contribution is 0.303. The number of pyridine rings is 1. The van der Waals surface area contributed by atoms with Crippen LogP contribution in [0.15, 0.2) is 10.5 Å². The van der Waals surface area contributed by atoms with Crippen molar-refractivity contribution < 1.29 is 4.74 Å². The first-order chi connectivity index (χ1) is 8.25. The summed E-state index contributed by atoms with van der Waals surface area (Å²) in [6.07, 6.45) is 1.01. The Hall–Kier alpha value is -1.01. The van der Waals surface area contributed by atoms with Gasteiger partial charge >= 0.3 is 0 Å². The average molecular weight is 299 g/mol. The van der Waals surface area contributed by atoms with Gasteiger partial charge in [-0.05, 0) is 15.9 Å². The number of fused-ring (bicyclic) bond motifs is 3. The number of hydrogen-bond acceptors (Lipinski definition) is 5. The van der Waals surface area contributed by atoms with Crippen molar-refractivity contribution in [2.75, 3.05) is 36.9 Å². The molecule has 2 aliphatic heterocycles. The number of rotatable bonds is 0. The number of ether oxygens (including phenoxy) is 1. The molecule has 6 heteroatoms. The molecule has 3 rings (SSSR count). The third kappa shape index (κ3) is 1.95. The third-order valence-corrected chi connectivity index (χ3v) is 3.92. The zero-order valence-electron chi connectivity index (χ0n) is 9.45. The standard InChI is InChI=1S/C11H15BrN4O/c12-8-5-9-11(15-10(8)13)16-3-2-14-6-7(16)1-4-17-9/h5,7,14H,1-4,6H2,(H2,13,15)/t7-/m0/s1. The Labute approximate surface area is 108 Å². The van der Waals surface area contributed by atoms with Gasteiger partial charge in [0, 0.05) is 38.2 Å². The van der Waals surface area contributed by atoms with Gasteiger partial charge in [0.15, 0.2) is 11.6 Å². The Morgan fingerprint density at radius 1 is 1.59 bits per heavy atom. The third-order valence-electron chi connectivity index (χ3n) is 3.28. The van der Waals surface area contributed by atoms with Gasteiger partial charge in [-0.3, -0.25) is 0 Å². The van der Waals surface area contributed by atoms with Crippen molar-refractivity contribution in [2.24, 2.45) is 0 Å². The summed E-state index contributed by atoms with van der Waals surface area (Å²) in [4.78, 5) is 6.77. The van der Waals surface area contributed by atoms with Crippen LogP contribution in [0.1, 0.15) is 6.42 Å². The summed E-state index contributed by atoms with van der Waals surface area (Å²) in [5, 5.41) is 3.40. The van der Waals surface area contributed by atoms with E-state index >= 15 is 0 Å². The minimum absolute atomic E-state index is 0.457. The summed E-state index contributed by atoms with van der Waals surface area (Å²) >= 11 is 3.39. The molecular weight excluding hydrogens is 284 g/mol. The van der Waals surface area contributed by atoms with Crippen LogP contribution in [0.3, 0.4) is 0 Å². The number of nitrogens with two attached hydrogens (primary N) is 1. The van der Waals surface area contributed by atoms with E-state index < -0.39 is 0 Å². The predicted octanol–water partition coefficient (Wildman–Crippen LogP) is 0.987. The van der Waals surface area contributed by atoms with Gasteiger partial charge in [-0.15, -0.1) is 0 Å². The van der Waals surface area contributed by atoms with Crippen LogP contribution in [0.25, 0.3) is 0 Å². The first-order valence-electron chi connectivity index (χ1n) is 5.82. The van der Waals surface area contributed by atoms with E-state index in [4.69, 9.17) is 10.5 Å². The molecule has 1 fully saturated rings. The van der Waals surface area contributed by atoms with Crippen LogP contribution in [0.2, 0.25) is 0 Å². The molecule has 1 saturated heterocycles. The highest BCUT2D eigenvalue weighted by molar-refractivity contribution is 9.10. The van der Waals surface area contributed by atoms with E-state index in [-0.39, 0.29) is 0 Å². The average Bonchev–Trinajstić information content (AvgIpc) is 2.50. The maximum atomic E-state index is 5.86. The topological polar surface area (TPSA) is 63.4 Å². The number of nitrogens with zero attached hydrogens (tertiary/aromatic N) is 2. The quantitative estimate of drug-likeness (QED) is 0.748. The molecule has 92 valence electrons. The highest BCUT2D eigenvalue weighted by atomic mass is 79.9. The second-order valence-electron chi connectivity index (χ2n) is 4.37. The van der Waals surface area contributed by atoms with E-state index in [0.717, 1.165) is 48.7 Å². The second-order valence-corrected chi connectivity index (χ2v) is 5.22. The van der Waals surface area contributed by atoms with Gasteiger partial charge < -0.3 is 20.7 Å². The number of nitrogen functional groups attached to an aromatic ring is 1. The van der Waals surface area contributed by atoms with Crippen LogP contribution >= 0.6 is 15.9 Å². The highest BCUT2D eigenvalue weighted by Gasteiger charge is 2.29. The molecule has 1 atom stereocenters. The summed E-state index contributed by atoms with van der Waals surface area (Å²) in [5.74, 6) is 2.23. The fourth-order valence-electron chi connectivity index (χ4n) is 2.39. The molecule has 2 aliphatic rings. The van der Waals surface area contributed by atoms with Crippen molar-refractivity contribution in [3.05, 3.63) is 10.5 Å². The van der Waals surface area contributed by atoms with Gasteiger partial charge in [0.25, 0.3) is 0 Å². The SMILES string of the molecule is Nc1nc2c(cc1Br)OCC[C@H]1CNCCN21. The van der Waals surface area contributed by atoms with E-state index in [1.165, 1.54) is 0 Å². The summed E-state index contributed by atoms with van der Waals surface area (Å²) in [6, 6.07) is 2.38. The fourth-order valence-corrected chi connectivity index (χ4v) is 2.69. The van der Waals surface area contributed by atoms with Gasteiger partial charge in [0.2, 0.25) is 0 Å². The maximum absolute atomic E-state index is 5.86. The Morgan fingerprint density at radius 2 is 2.47 bits per heavy atom. The normalized spacial score (nSPS) is 23.4. The lowest BCUT2D eigenvalue weighted by Crippen LogP contribution is -2.51. The molecule has 3 N–H and O–H groups in total. The number of hydrogen-bond donors (Lipinski definition) is 2. The minimum atomic E-state index is 0.457. The maximum Gasteiger partial charge on any atom is 0.173 e. The highest BCUT2D eigenvalue weighted by Crippen LogP contribution is 2.36. The summed E-state index contributed by atoms with van der Waals surface area (Å²) in [7, 11) is 0. The molecule has 0 unspecified atom stereocenters. The van der Waals surface area contributed by atoms with Crippen LogP contribution in [-0.2, 0) is 0 Å². The first-order valence-corrected chi connectivity index (χ1v) is 6.61.